The van der Waals surface area contributed by atoms with Crippen LogP contribution in [0.2, 0.25) is 0 Å². The van der Waals surface area contributed by atoms with Crippen molar-refractivity contribution in [2.45, 2.75) is 13.0 Å². The van der Waals surface area contributed by atoms with Crippen molar-refractivity contribution in [2.75, 3.05) is 18.8 Å². The highest BCUT2D eigenvalue weighted by atomic mass is 79.9. The Labute approximate surface area is 219 Å². The van der Waals surface area contributed by atoms with Gasteiger partial charge >= 0.3 is 0 Å². The van der Waals surface area contributed by atoms with Crippen molar-refractivity contribution in [2.24, 2.45) is 4.99 Å². The number of thioether (sulfide) groups is 1. The first-order valence-corrected chi connectivity index (χ1v) is 12.3. The summed E-state index contributed by atoms with van der Waals surface area (Å²) < 4.78 is 0.963. The molecule has 0 atom stereocenters. The Bertz CT molecular complexity index is 1030. The van der Waals surface area contributed by atoms with Crippen LogP contribution in [-0.2, 0) is 13.0 Å². The molecule has 6 heteroatoms. The van der Waals surface area contributed by atoms with E-state index in [0.717, 1.165) is 29.2 Å². The Morgan fingerprint density at radius 2 is 1.55 bits per heavy atom. The number of halogens is 2. The third-order valence-corrected chi connectivity index (χ3v) is 6.43. The number of hydrogen-bond acceptors (Lipinski definition) is 3. The predicted molar refractivity (Wildman–Crippen MR) is 151 cm³/mol. The van der Waals surface area contributed by atoms with E-state index in [9.17, 15) is 4.79 Å². The number of nitrogens with zero attached hydrogens (tertiary/aromatic N) is 2. The van der Waals surface area contributed by atoms with Crippen molar-refractivity contribution in [3.05, 3.63) is 119 Å². The van der Waals surface area contributed by atoms with Crippen LogP contribution in [-0.4, -0.2) is 34.7 Å². The van der Waals surface area contributed by atoms with Gasteiger partial charge in [0.1, 0.15) is 0 Å². The Balaban J connectivity index is 0.00000385. The smallest absolute Gasteiger partial charge is 0.173 e. The molecule has 0 heterocycles. The predicted octanol–water partition coefficient (Wildman–Crippen LogP) is 7.23. The SMILES string of the molecule is Br.C=CCN=C(SCC(=O)c1ccc(Br)cc1)N(CCc1ccccc1)Cc1ccccc1. The fourth-order valence-electron chi connectivity index (χ4n) is 3.18. The van der Waals surface area contributed by atoms with Gasteiger partial charge in [-0.2, -0.15) is 0 Å². The van der Waals surface area contributed by atoms with E-state index < -0.39 is 0 Å². The number of hydrogen-bond donors (Lipinski definition) is 0. The number of carbonyl (C=O) groups excluding carboxylic acids is 1. The molecule has 3 rings (SSSR count). The van der Waals surface area contributed by atoms with Crippen molar-refractivity contribution < 1.29 is 4.79 Å². The van der Waals surface area contributed by atoms with E-state index in [4.69, 9.17) is 4.99 Å². The van der Waals surface area contributed by atoms with Gasteiger partial charge in [0.15, 0.2) is 11.0 Å². The van der Waals surface area contributed by atoms with Crippen LogP contribution in [0.15, 0.2) is 107 Å². The minimum absolute atomic E-state index is 0. The summed E-state index contributed by atoms with van der Waals surface area (Å²) in [5.74, 6) is 0.436. The minimum Gasteiger partial charge on any atom is -0.347 e. The maximum Gasteiger partial charge on any atom is 0.173 e. The van der Waals surface area contributed by atoms with E-state index in [1.807, 2.05) is 36.4 Å². The third kappa shape index (κ3) is 9.32. The molecule has 0 spiro atoms. The average Bonchev–Trinajstić information content (AvgIpc) is 2.83. The Morgan fingerprint density at radius 1 is 0.939 bits per heavy atom. The zero-order valence-electron chi connectivity index (χ0n) is 18.4. The quantitative estimate of drug-likeness (QED) is 0.109. The molecule has 0 aliphatic rings. The minimum atomic E-state index is 0. The number of benzene rings is 3. The largest absolute Gasteiger partial charge is 0.347 e. The van der Waals surface area contributed by atoms with Crippen LogP contribution in [0.5, 0.6) is 0 Å². The van der Waals surface area contributed by atoms with Gasteiger partial charge in [0.05, 0.1) is 12.3 Å². The molecule has 0 N–H and O–H groups in total. The summed E-state index contributed by atoms with van der Waals surface area (Å²) >= 11 is 4.92. The second-order valence-corrected chi connectivity index (χ2v) is 9.13. The normalized spacial score (nSPS) is 10.9. The molecule has 0 aliphatic heterocycles. The van der Waals surface area contributed by atoms with Crippen LogP contribution in [0.1, 0.15) is 21.5 Å². The highest BCUT2D eigenvalue weighted by Crippen LogP contribution is 2.18. The van der Waals surface area contributed by atoms with Gasteiger partial charge in [0.25, 0.3) is 0 Å². The fourth-order valence-corrected chi connectivity index (χ4v) is 4.38. The molecular formula is C27H28Br2N2OS. The van der Waals surface area contributed by atoms with Crippen LogP contribution in [0.4, 0.5) is 0 Å². The van der Waals surface area contributed by atoms with Gasteiger partial charge in [0, 0.05) is 23.1 Å². The monoisotopic (exact) mass is 586 g/mol. The molecule has 0 bridgehead atoms. The van der Waals surface area contributed by atoms with Gasteiger partial charge in [-0.1, -0.05) is 107 Å². The zero-order chi connectivity index (χ0) is 22.6. The third-order valence-electron chi connectivity index (χ3n) is 4.85. The van der Waals surface area contributed by atoms with Crippen LogP contribution in [0.25, 0.3) is 0 Å². The first-order valence-electron chi connectivity index (χ1n) is 10.6. The number of ketones is 1. The lowest BCUT2D eigenvalue weighted by molar-refractivity contribution is 0.102. The number of carbonyl (C=O) groups is 1. The van der Waals surface area contributed by atoms with Crippen molar-refractivity contribution in [1.82, 2.24) is 4.90 Å². The van der Waals surface area contributed by atoms with Gasteiger partial charge in [0.2, 0.25) is 0 Å². The van der Waals surface area contributed by atoms with E-state index in [1.54, 1.807) is 6.08 Å². The molecule has 0 aromatic heterocycles. The van der Waals surface area contributed by atoms with Crippen LogP contribution in [0, 0.1) is 0 Å². The van der Waals surface area contributed by atoms with Crippen molar-refractivity contribution in [3.63, 3.8) is 0 Å². The summed E-state index contributed by atoms with van der Waals surface area (Å²) in [6.07, 6.45) is 2.69. The summed E-state index contributed by atoms with van der Waals surface area (Å²) in [7, 11) is 0. The Kier molecular flexibility index (Phi) is 12.2. The topological polar surface area (TPSA) is 32.7 Å². The first kappa shape index (κ1) is 27.1. The molecule has 3 nitrogen and oxygen atoms in total. The Hall–Kier alpha value is -2.15. The molecule has 3 aromatic rings. The highest BCUT2D eigenvalue weighted by molar-refractivity contribution is 9.10. The van der Waals surface area contributed by atoms with Crippen LogP contribution in [0.3, 0.4) is 0 Å². The lowest BCUT2D eigenvalue weighted by Crippen LogP contribution is -2.31. The molecule has 0 fully saturated rings. The summed E-state index contributed by atoms with van der Waals surface area (Å²) in [6, 6.07) is 28.3. The van der Waals surface area contributed by atoms with Crippen LogP contribution < -0.4 is 0 Å². The molecule has 0 radical (unpaired) electrons. The lowest BCUT2D eigenvalue weighted by atomic mass is 10.1. The second-order valence-electron chi connectivity index (χ2n) is 7.27. The molecule has 0 amide bonds. The first-order chi connectivity index (χ1) is 15.7. The maximum absolute atomic E-state index is 12.8. The summed E-state index contributed by atoms with van der Waals surface area (Å²) in [4.78, 5) is 19.8. The summed E-state index contributed by atoms with van der Waals surface area (Å²) in [5, 5.41) is 0.871. The number of rotatable bonds is 10. The van der Waals surface area contributed by atoms with Crippen molar-refractivity contribution in [1.29, 1.82) is 0 Å². The number of Topliss-reactive ketones (excluding diaryl/α,β-unsaturated/α-hetero) is 1. The fraction of sp³-hybridized carbons (Fsp3) is 0.185. The van der Waals surface area contributed by atoms with Gasteiger partial charge < -0.3 is 4.90 Å². The van der Waals surface area contributed by atoms with Gasteiger partial charge in [-0.3, -0.25) is 9.79 Å². The molecule has 0 saturated carbocycles. The van der Waals surface area contributed by atoms with E-state index >= 15 is 0 Å². The standard InChI is InChI=1S/C27H27BrN2OS.BrH/c1-2-18-29-27(32-21-26(31)24-13-15-25(28)16-14-24)30(20-23-11-7-4-8-12-23)19-17-22-9-5-3-6-10-22;/h2-16H,1,17-21H2;1H. The molecule has 0 unspecified atom stereocenters. The van der Waals surface area contributed by atoms with Crippen LogP contribution >= 0.6 is 44.7 Å². The summed E-state index contributed by atoms with van der Waals surface area (Å²) in [5.41, 5.74) is 3.21. The molecule has 0 saturated heterocycles. The van der Waals surface area contributed by atoms with Gasteiger partial charge in [-0.05, 0) is 29.7 Å². The molecule has 3 aromatic carbocycles. The molecule has 0 aliphatic carbocycles. The van der Waals surface area contributed by atoms with Gasteiger partial charge in [-0.25, -0.2) is 0 Å². The maximum atomic E-state index is 12.8. The molecule has 172 valence electrons. The summed E-state index contributed by atoms with van der Waals surface area (Å²) in [6.45, 7) is 5.89. The molecular weight excluding hydrogens is 560 g/mol. The molecule has 33 heavy (non-hydrogen) atoms. The Morgan fingerprint density at radius 3 is 2.15 bits per heavy atom. The highest BCUT2D eigenvalue weighted by Gasteiger charge is 2.16. The number of amidine groups is 1. The van der Waals surface area contributed by atoms with Crippen molar-refractivity contribution >= 4 is 55.6 Å². The average molecular weight is 588 g/mol. The van der Waals surface area contributed by atoms with E-state index in [0.29, 0.717) is 17.9 Å². The number of aliphatic imine (C=N–C) groups is 1. The van der Waals surface area contributed by atoms with Crippen molar-refractivity contribution in [3.8, 4) is 0 Å². The zero-order valence-corrected chi connectivity index (χ0v) is 22.5. The van der Waals surface area contributed by atoms with Gasteiger partial charge in [-0.15, -0.1) is 23.6 Å². The lowest BCUT2D eigenvalue weighted by Gasteiger charge is -2.26. The van der Waals surface area contributed by atoms with E-state index in [2.05, 4.69) is 75.9 Å². The van der Waals surface area contributed by atoms with E-state index in [1.165, 1.54) is 22.9 Å². The second kappa shape index (κ2) is 14.9. The van der Waals surface area contributed by atoms with E-state index in [-0.39, 0.29) is 22.8 Å².